The Kier molecular flexibility index (Phi) is 7.25. The van der Waals surface area contributed by atoms with Crippen LogP contribution in [-0.2, 0) is 9.53 Å². The highest BCUT2D eigenvalue weighted by molar-refractivity contribution is 5.66. The maximum absolute atomic E-state index is 11.3. The van der Waals surface area contributed by atoms with Gasteiger partial charge in [-0.25, -0.2) is 0 Å². The second-order valence-electron chi connectivity index (χ2n) is 8.53. The van der Waals surface area contributed by atoms with Crippen LogP contribution >= 0.6 is 0 Å². The van der Waals surface area contributed by atoms with E-state index in [1.54, 1.807) is 13.8 Å². The molecule has 4 atom stereocenters. The molecule has 0 aromatic heterocycles. The summed E-state index contributed by atoms with van der Waals surface area (Å²) in [6.45, 7) is 21.6. The van der Waals surface area contributed by atoms with Crippen molar-refractivity contribution in [2.24, 2.45) is 17.3 Å². The van der Waals surface area contributed by atoms with E-state index in [4.69, 9.17) is 4.74 Å². The lowest BCUT2D eigenvalue weighted by atomic mass is 9.61. The SMILES string of the molecule is C=C[C@@]1(C)CC[C@H](C(=C)CCC(OC(C)=O)C(C)(C)O)C[C@@H]1C(=C)C. The predicted octanol–water partition coefficient (Wildman–Crippen LogP) is 5.21. The predicted molar refractivity (Wildman–Crippen MR) is 104 cm³/mol. The summed E-state index contributed by atoms with van der Waals surface area (Å²) in [5.74, 6) is 0.494. The molecule has 1 aliphatic rings. The molecular weight excluding hydrogens is 312 g/mol. The minimum absolute atomic E-state index is 0.107. The van der Waals surface area contributed by atoms with Crippen LogP contribution in [0.5, 0.6) is 0 Å². The topological polar surface area (TPSA) is 46.5 Å². The maximum atomic E-state index is 11.3. The highest BCUT2D eigenvalue weighted by Gasteiger charge is 2.39. The molecule has 1 saturated carbocycles. The maximum Gasteiger partial charge on any atom is 0.303 e. The van der Waals surface area contributed by atoms with Crippen molar-refractivity contribution in [1.29, 1.82) is 0 Å². The van der Waals surface area contributed by atoms with Gasteiger partial charge in [-0.1, -0.05) is 37.3 Å². The van der Waals surface area contributed by atoms with E-state index >= 15 is 0 Å². The van der Waals surface area contributed by atoms with E-state index in [1.165, 1.54) is 18.1 Å². The van der Waals surface area contributed by atoms with Gasteiger partial charge in [0.2, 0.25) is 0 Å². The molecule has 3 nitrogen and oxygen atoms in total. The summed E-state index contributed by atoms with van der Waals surface area (Å²) in [5.41, 5.74) is 1.43. The Labute approximate surface area is 153 Å². The third-order valence-corrected chi connectivity index (χ3v) is 5.81. The van der Waals surface area contributed by atoms with Crippen molar-refractivity contribution in [3.63, 3.8) is 0 Å². The summed E-state index contributed by atoms with van der Waals surface area (Å²) in [6.07, 6.45) is 6.12. The van der Waals surface area contributed by atoms with Crippen LogP contribution in [0.2, 0.25) is 0 Å². The van der Waals surface area contributed by atoms with Crippen LogP contribution in [0.25, 0.3) is 0 Å². The number of aliphatic hydroxyl groups is 1. The zero-order chi connectivity index (χ0) is 19.4. The second kappa shape index (κ2) is 8.35. The molecule has 0 aromatic rings. The molecule has 3 heteroatoms. The van der Waals surface area contributed by atoms with Gasteiger partial charge in [-0.3, -0.25) is 4.79 Å². The first-order valence-corrected chi connectivity index (χ1v) is 9.27. The van der Waals surface area contributed by atoms with Gasteiger partial charge in [-0.2, -0.15) is 0 Å². The number of rotatable bonds is 8. The highest BCUT2D eigenvalue weighted by atomic mass is 16.6. The Morgan fingerprint density at radius 3 is 2.44 bits per heavy atom. The summed E-state index contributed by atoms with van der Waals surface area (Å²) in [4.78, 5) is 11.3. The lowest BCUT2D eigenvalue weighted by Crippen LogP contribution is -2.39. The van der Waals surface area contributed by atoms with Crippen molar-refractivity contribution in [2.75, 3.05) is 0 Å². The second-order valence-corrected chi connectivity index (χ2v) is 8.53. The van der Waals surface area contributed by atoms with E-state index in [0.717, 1.165) is 25.7 Å². The zero-order valence-electron chi connectivity index (χ0n) is 16.7. The average Bonchev–Trinajstić information content (AvgIpc) is 2.49. The smallest absolute Gasteiger partial charge is 0.303 e. The number of hydrogen-bond acceptors (Lipinski definition) is 3. The van der Waals surface area contributed by atoms with Crippen LogP contribution < -0.4 is 0 Å². The molecule has 0 bridgehead atoms. The fourth-order valence-electron chi connectivity index (χ4n) is 3.99. The fourth-order valence-corrected chi connectivity index (χ4v) is 3.99. The van der Waals surface area contributed by atoms with Crippen LogP contribution in [0.4, 0.5) is 0 Å². The molecule has 0 radical (unpaired) electrons. The Bertz CT molecular complexity index is 526. The van der Waals surface area contributed by atoms with E-state index in [0.29, 0.717) is 18.3 Å². The first kappa shape index (κ1) is 21.7. The summed E-state index contributed by atoms with van der Waals surface area (Å²) >= 11 is 0. The first-order valence-electron chi connectivity index (χ1n) is 9.27. The molecule has 25 heavy (non-hydrogen) atoms. The number of allylic oxidation sites excluding steroid dienone is 3. The van der Waals surface area contributed by atoms with Gasteiger partial charge < -0.3 is 9.84 Å². The van der Waals surface area contributed by atoms with Gasteiger partial charge in [-0.05, 0) is 70.1 Å². The van der Waals surface area contributed by atoms with Crippen molar-refractivity contribution >= 4 is 5.97 Å². The molecule has 1 unspecified atom stereocenters. The number of esters is 1. The quantitative estimate of drug-likeness (QED) is 0.484. The number of carbonyl (C=O) groups is 1. The largest absolute Gasteiger partial charge is 0.460 e. The van der Waals surface area contributed by atoms with Gasteiger partial charge in [0.05, 0.1) is 5.60 Å². The minimum atomic E-state index is -1.06. The molecule has 1 N–H and O–H groups in total. The van der Waals surface area contributed by atoms with E-state index < -0.39 is 11.7 Å². The van der Waals surface area contributed by atoms with Gasteiger partial charge >= 0.3 is 5.97 Å². The molecule has 1 rings (SSSR count). The van der Waals surface area contributed by atoms with Crippen molar-refractivity contribution < 1.29 is 14.6 Å². The Morgan fingerprint density at radius 1 is 1.40 bits per heavy atom. The first-order chi connectivity index (χ1) is 11.4. The normalized spacial score (nSPS) is 28.1. The Hall–Kier alpha value is -1.35. The van der Waals surface area contributed by atoms with Crippen molar-refractivity contribution in [3.05, 3.63) is 37.0 Å². The fraction of sp³-hybridized carbons (Fsp3) is 0.682. The molecule has 142 valence electrons. The molecule has 0 aliphatic heterocycles. The van der Waals surface area contributed by atoms with Gasteiger partial charge in [0.25, 0.3) is 0 Å². The van der Waals surface area contributed by atoms with Crippen molar-refractivity contribution in [1.82, 2.24) is 0 Å². The lowest BCUT2D eigenvalue weighted by Gasteiger charge is -2.44. The van der Waals surface area contributed by atoms with Crippen molar-refractivity contribution in [2.45, 2.75) is 78.4 Å². The summed E-state index contributed by atoms with van der Waals surface area (Å²) in [6, 6.07) is 0. The molecule has 0 heterocycles. The van der Waals surface area contributed by atoms with E-state index in [9.17, 15) is 9.90 Å². The third-order valence-electron chi connectivity index (χ3n) is 5.81. The minimum Gasteiger partial charge on any atom is -0.460 e. The molecule has 0 aromatic carbocycles. The summed E-state index contributed by atoms with van der Waals surface area (Å²) < 4.78 is 5.30. The number of carbonyl (C=O) groups excluding carboxylic acids is 1. The van der Waals surface area contributed by atoms with Crippen LogP contribution in [0.15, 0.2) is 37.0 Å². The van der Waals surface area contributed by atoms with Crippen molar-refractivity contribution in [3.8, 4) is 0 Å². The molecule has 1 aliphatic carbocycles. The highest BCUT2D eigenvalue weighted by Crippen LogP contribution is 2.49. The standard InChI is InChI=1S/C22H36O3/c1-9-22(8)13-12-18(14-19(22)15(2)3)16(4)10-11-20(21(6,7)24)25-17(5)23/h9,18-20,24H,1-2,4,10-14H2,3,5-8H3/t18-,19+,20?,22-/m0/s1. The third kappa shape index (κ3) is 5.85. The van der Waals surface area contributed by atoms with Gasteiger partial charge in [0, 0.05) is 6.92 Å². The van der Waals surface area contributed by atoms with Crippen LogP contribution in [0.1, 0.15) is 66.7 Å². The van der Waals surface area contributed by atoms with Gasteiger partial charge in [0.15, 0.2) is 0 Å². The van der Waals surface area contributed by atoms with Crippen LogP contribution in [0, 0.1) is 17.3 Å². The molecule has 1 fully saturated rings. The molecule has 0 spiro atoms. The summed E-state index contributed by atoms with van der Waals surface area (Å²) in [7, 11) is 0. The Morgan fingerprint density at radius 2 is 2.00 bits per heavy atom. The van der Waals surface area contributed by atoms with Crippen LogP contribution in [-0.4, -0.2) is 22.8 Å². The zero-order valence-corrected chi connectivity index (χ0v) is 16.7. The van der Waals surface area contributed by atoms with Gasteiger partial charge in [0.1, 0.15) is 6.10 Å². The van der Waals surface area contributed by atoms with E-state index in [-0.39, 0.29) is 11.4 Å². The van der Waals surface area contributed by atoms with Gasteiger partial charge in [-0.15, -0.1) is 6.58 Å². The lowest BCUT2D eigenvalue weighted by molar-refractivity contribution is -0.159. The Balaban J connectivity index is 2.73. The van der Waals surface area contributed by atoms with Crippen LogP contribution in [0.3, 0.4) is 0 Å². The molecular formula is C22H36O3. The number of ether oxygens (including phenoxy) is 1. The van der Waals surface area contributed by atoms with E-state index in [2.05, 4.69) is 39.7 Å². The molecule has 0 amide bonds. The molecule has 0 saturated heterocycles. The summed E-state index contributed by atoms with van der Waals surface area (Å²) in [5, 5.41) is 10.2. The number of hydrogen-bond donors (Lipinski definition) is 1. The van der Waals surface area contributed by atoms with E-state index in [1.807, 2.05) is 0 Å². The monoisotopic (exact) mass is 348 g/mol. The average molecular weight is 349 g/mol.